The van der Waals surface area contributed by atoms with Crippen LogP contribution in [0, 0.1) is 0 Å². The van der Waals surface area contributed by atoms with Crippen LogP contribution in [0.25, 0.3) is 5.57 Å². The van der Waals surface area contributed by atoms with Crippen LogP contribution in [-0.2, 0) is 4.43 Å². The molecule has 2 aliphatic rings. The lowest BCUT2D eigenvalue weighted by molar-refractivity contribution is 0.0605. The highest BCUT2D eigenvalue weighted by Crippen LogP contribution is 2.46. The van der Waals surface area contributed by atoms with Crippen molar-refractivity contribution in [3.63, 3.8) is 0 Å². The summed E-state index contributed by atoms with van der Waals surface area (Å²) in [5.74, 6) is 0.138. The molecule has 1 unspecified atom stereocenters. The minimum Gasteiger partial charge on any atom is -0.504 e. The molecule has 10 heteroatoms. The predicted molar refractivity (Wildman–Crippen MR) is 143 cm³/mol. The van der Waals surface area contributed by atoms with Crippen LogP contribution in [0.4, 0.5) is 10.5 Å². The second-order valence-corrected chi connectivity index (χ2v) is 15.6. The first kappa shape index (κ1) is 26.6. The number of phenolic OH excluding ortho intramolecular Hbond substituents is 1. The molecule has 0 saturated carbocycles. The van der Waals surface area contributed by atoms with Crippen LogP contribution in [-0.4, -0.2) is 61.9 Å². The van der Waals surface area contributed by atoms with Gasteiger partial charge in [0.15, 0.2) is 26.0 Å². The van der Waals surface area contributed by atoms with Crippen molar-refractivity contribution in [2.45, 2.75) is 57.6 Å². The van der Waals surface area contributed by atoms with E-state index < -0.39 is 32.6 Å². The molecule has 0 saturated heterocycles. The molecule has 2 aromatic rings. The van der Waals surface area contributed by atoms with Gasteiger partial charge in [-0.2, -0.15) is 0 Å². The number of methoxy groups -OCH3 is 2. The summed E-state index contributed by atoms with van der Waals surface area (Å²) in [6, 6.07) is 9.54. The number of ether oxygens (including phenoxy) is 2. The van der Waals surface area contributed by atoms with Gasteiger partial charge in [-0.1, -0.05) is 32.9 Å². The largest absolute Gasteiger partial charge is 0.504 e. The minimum absolute atomic E-state index is 0.0632. The second-order valence-electron chi connectivity index (χ2n) is 10.8. The summed E-state index contributed by atoms with van der Waals surface area (Å²) in [5, 5.41) is 20.7. The van der Waals surface area contributed by atoms with Crippen LogP contribution in [0.3, 0.4) is 0 Å². The Kier molecular flexibility index (Phi) is 6.76. The number of rotatable bonds is 5. The van der Waals surface area contributed by atoms with Crippen molar-refractivity contribution in [2.75, 3.05) is 19.1 Å². The number of nitrogens with zero attached hydrogens (tertiary/aromatic N) is 2. The van der Waals surface area contributed by atoms with E-state index in [9.17, 15) is 19.8 Å². The summed E-state index contributed by atoms with van der Waals surface area (Å²) < 4.78 is 17.3. The van der Waals surface area contributed by atoms with Crippen molar-refractivity contribution in [3.05, 3.63) is 53.7 Å². The van der Waals surface area contributed by atoms with Crippen LogP contribution in [0.2, 0.25) is 18.1 Å². The molecular weight excluding hydrogens is 492 g/mol. The first-order valence-electron chi connectivity index (χ1n) is 12.1. The summed E-state index contributed by atoms with van der Waals surface area (Å²) >= 11 is 0. The van der Waals surface area contributed by atoms with Crippen molar-refractivity contribution >= 4 is 31.6 Å². The van der Waals surface area contributed by atoms with Gasteiger partial charge < -0.3 is 29.0 Å². The van der Waals surface area contributed by atoms with Crippen molar-refractivity contribution in [1.82, 2.24) is 4.90 Å². The van der Waals surface area contributed by atoms with E-state index >= 15 is 0 Å². The lowest BCUT2D eigenvalue weighted by atomic mass is 10.0. The molecule has 0 radical (unpaired) electrons. The second kappa shape index (κ2) is 9.42. The van der Waals surface area contributed by atoms with Crippen LogP contribution < -0.4 is 14.4 Å². The fourth-order valence-electron chi connectivity index (χ4n) is 4.45. The topological polar surface area (TPSA) is 109 Å². The van der Waals surface area contributed by atoms with E-state index in [1.54, 1.807) is 18.2 Å². The molecule has 4 rings (SSSR count). The number of phenols is 1. The van der Waals surface area contributed by atoms with Gasteiger partial charge in [0, 0.05) is 12.3 Å². The molecular formula is C27H34N2O7Si. The van der Waals surface area contributed by atoms with E-state index in [1.165, 1.54) is 19.2 Å². The standard InChI is InChI=1S/C27H34N2O7Si/c1-27(2,3)37(6,7)36-25-21-12-17(16-8-10-18(34-4)11-9-16)15-28(21)24(31)19-13-23(35-5)22(30)14-20(19)29(25)26(32)33/h8-11,13-15,21,25,30H,12H2,1-7H3,(H,32,33)/t21-,25?/m0/s1. The van der Waals surface area contributed by atoms with Gasteiger partial charge in [-0.25, -0.2) is 9.69 Å². The molecule has 2 N–H and O–H groups in total. The fraction of sp³-hybridized carbons (Fsp3) is 0.407. The third-order valence-electron chi connectivity index (χ3n) is 7.58. The Morgan fingerprint density at radius 2 is 1.73 bits per heavy atom. The number of carbonyl (C=O) groups is 2. The zero-order valence-electron chi connectivity index (χ0n) is 22.2. The average Bonchev–Trinajstić information content (AvgIpc) is 3.24. The van der Waals surface area contributed by atoms with Crippen molar-refractivity contribution < 1.29 is 33.7 Å². The van der Waals surface area contributed by atoms with E-state index in [1.807, 2.05) is 37.4 Å². The monoisotopic (exact) mass is 526 g/mol. The summed E-state index contributed by atoms with van der Waals surface area (Å²) in [6.07, 6.45) is -0.116. The maximum Gasteiger partial charge on any atom is 0.414 e. The van der Waals surface area contributed by atoms with Gasteiger partial charge in [0.05, 0.1) is 31.5 Å². The van der Waals surface area contributed by atoms with Gasteiger partial charge >= 0.3 is 6.09 Å². The summed E-state index contributed by atoms with van der Waals surface area (Å²) in [6.45, 7) is 10.3. The number of carboxylic acid groups (broad SMARTS) is 1. The zero-order chi connectivity index (χ0) is 27.3. The minimum atomic E-state index is -2.52. The Bertz CT molecular complexity index is 1250. The number of fused-ring (bicyclic) bond motifs is 2. The molecule has 2 heterocycles. The molecule has 0 aliphatic carbocycles. The lowest BCUT2D eigenvalue weighted by Gasteiger charge is -2.44. The Morgan fingerprint density at radius 3 is 2.27 bits per heavy atom. The summed E-state index contributed by atoms with van der Waals surface area (Å²) in [5.41, 5.74) is 1.95. The Morgan fingerprint density at radius 1 is 1.08 bits per heavy atom. The molecule has 2 amide bonds. The highest BCUT2D eigenvalue weighted by atomic mass is 28.4. The lowest BCUT2D eigenvalue weighted by Crippen LogP contribution is -2.57. The third-order valence-corrected chi connectivity index (χ3v) is 12.0. The summed E-state index contributed by atoms with van der Waals surface area (Å²) in [7, 11) is 0.452. The molecule has 2 aromatic carbocycles. The van der Waals surface area contributed by atoms with Crippen molar-refractivity contribution in [3.8, 4) is 17.2 Å². The normalized spacial score (nSPS) is 19.6. The van der Waals surface area contributed by atoms with E-state index in [-0.39, 0.29) is 27.8 Å². The average molecular weight is 527 g/mol. The molecule has 0 aromatic heterocycles. The molecule has 37 heavy (non-hydrogen) atoms. The molecule has 2 atom stereocenters. The highest BCUT2D eigenvalue weighted by molar-refractivity contribution is 6.74. The van der Waals surface area contributed by atoms with E-state index in [0.717, 1.165) is 16.0 Å². The van der Waals surface area contributed by atoms with Gasteiger partial charge in [0.1, 0.15) is 5.75 Å². The van der Waals surface area contributed by atoms with E-state index in [0.29, 0.717) is 12.2 Å². The zero-order valence-corrected chi connectivity index (χ0v) is 23.2. The smallest absolute Gasteiger partial charge is 0.414 e. The summed E-state index contributed by atoms with van der Waals surface area (Å²) in [4.78, 5) is 29.3. The van der Waals surface area contributed by atoms with E-state index in [2.05, 4.69) is 20.8 Å². The van der Waals surface area contributed by atoms with Gasteiger partial charge in [-0.15, -0.1) is 0 Å². The SMILES string of the molecule is COc1ccc(C2=CN3C(=O)c4cc(OC)c(O)cc4N(C(=O)O)C(O[Si](C)(C)C(C)(C)C)[C@@H]3C2)cc1. The van der Waals surface area contributed by atoms with Gasteiger partial charge in [0.2, 0.25) is 0 Å². The molecule has 9 nitrogen and oxygen atoms in total. The van der Waals surface area contributed by atoms with Crippen LogP contribution in [0.1, 0.15) is 43.1 Å². The highest BCUT2D eigenvalue weighted by Gasteiger charge is 2.50. The maximum atomic E-state index is 13.9. The number of amides is 2. The van der Waals surface area contributed by atoms with Crippen molar-refractivity contribution in [2.24, 2.45) is 0 Å². The Balaban J connectivity index is 1.90. The van der Waals surface area contributed by atoms with Crippen LogP contribution in [0.5, 0.6) is 17.2 Å². The third kappa shape index (κ3) is 4.66. The number of anilines is 1. The van der Waals surface area contributed by atoms with Gasteiger partial charge in [-0.3, -0.25) is 4.79 Å². The molecule has 0 bridgehead atoms. The van der Waals surface area contributed by atoms with Gasteiger partial charge in [-0.05, 0) is 53.9 Å². The first-order chi connectivity index (χ1) is 17.3. The van der Waals surface area contributed by atoms with E-state index in [4.69, 9.17) is 13.9 Å². The molecule has 0 spiro atoms. The quantitative estimate of drug-likeness (QED) is 0.495. The van der Waals surface area contributed by atoms with Crippen molar-refractivity contribution in [1.29, 1.82) is 0 Å². The van der Waals surface area contributed by atoms with Crippen LogP contribution in [0.15, 0.2) is 42.6 Å². The Hall–Kier alpha value is -3.50. The fourth-order valence-corrected chi connectivity index (χ4v) is 5.67. The number of hydrogen-bond donors (Lipinski definition) is 2. The predicted octanol–water partition coefficient (Wildman–Crippen LogP) is 5.51. The maximum absolute atomic E-state index is 13.9. The Labute approximate surface area is 218 Å². The number of benzene rings is 2. The molecule has 0 fully saturated rings. The van der Waals surface area contributed by atoms with Crippen LogP contribution >= 0.6 is 0 Å². The van der Waals surface area contributed by atoms with Gasteiger partial charge in [0.25, 0.3) is 5.91 Å². The number of hydrogen-bond acceptors (Lipinski definition) is 6. The number of aromatic hydroxyl groups is 1. The molecule has 198 valence electrons. The first-order valence-corrected chi connectivity index (χ1v) is 15.0. The number of carbonyl (C=O) groups excluding carboxylic acids is 1. The molecule has 2 aliphatic heterocycles.